The Morgan fingerprint density at radius 3 is 2.54 bits per heavy atom. The summed E-state index contributed by atoms with van der Waals surface area (Å²) in [6.07, 6.45) is 0.0369. The number of nitrogens with zero attached hydrogens (tertiary/aromatic N) is 1. The van der Waals surface area contributed by atoms with Crippen LogP contribution in [0, 0.1) is 10.1 Å². The molecule has 0 saturated heterocycles. The third-order valence-corrected chi connectivity index (χ3v) is 3.22. The summed E-state index contributed by atoms with van der Waals surface area (Å²) in [5, 5.41) is 13.4. The van der Waals surface area contributed by atoms with E-state index in [9.17, 15) is 19.7 Å². The first-order chi connectivity index (χ1) is 11.5. The number of nitrogens with one attached hydrogen (secondary N) is 1. The van der Waals surface area contributed by atoms with Crippen molar-refractivity contribution in [3.63, 3.8) is 0 Å². The summed E-state index contributed by atoms with van der Waals surface area (Å²) in [6.45, 7) is -0.536. The van der Waals surface area contributed by atoms with Crippen molar-refractivity contribution in [2.45, 2.75) is 6.42 Å². The second-order valence-electron chi connectivity index (χ2n) is 4.79. The predicted molar refractivity (Wildman–Crippen MR) is 87.8 cm³/mol. The van der Waals surface area contributed by atoms with Gasteiger partial charge in [0, 0.05) is 11.1 Å². The van der Waals surface area contributed by atoms with Crippen LogP contribution in [0.3, 0.4) is 0 Å². The maximum Gasteiger partial charge on any atom is 0.310 e. The van der Waals surface area contributed by atoms with Gasteiger partial charge in [-0.3, -0.25) is 19.7 Å². The first-order valence-corrected chi connectivity index (χ1v) is 7.27. The van der Waals surface area contributed by atoms with E-state index in [1.807, 2.05) is 6.07 Å². The van der Waals surface area contributed by atoms with Crippen molar-refractivity contribution >= 4 is 34.9 Å². The van der Waals surface area contributed by atoms with Gasteiger partial charge in [0.2, 0.25) is 0 Å². The number of carbonyl (C=O) groups excluding carboxylic acids is 2. The molecule has 0 fully saturated rings. The van der Waals surface area contributed by atoms with Crippen LogP contribution in [0.2, 0.25) is 5.02 Å². The lowest BCUT2D eigenvalue weighted by Gasteiger charge is -2.07. The molecule has 2 rings (SSSR count). The molecule has 0 aliphatic heterocycles. The Labute approximate surface area is 142 Å². The fourth-order valence-corrected chi connectivity index (χ4v) is 2.07. The van der Waals surface area contributed by atoms with Crippen LogP contribution in [0.1, 0.15) is 5.56 Å². The Balaban J connectivity index is 1.90. The first-order valence-electron chi connectivity index (χ1n) is 6.89. The minimum atomic E-state index is -0.679. The van der Waals surface area contributed by atoms with Crippen molar-refractivity contribution in [2.24, 2.45) is 0 Å². The van der Waals surface area contributed by atoms with E-state index in [1.165, 1.54) is 12.1 Å². The molecule has 0 heterocycles. The molecule has 0 aliphatic carbocycles. The summed E-state index contributed by atoms with van der Waals surface area (Å²) in [7, 11) is 0. The number of hydrogen-bond donors (Lipinski definition) is 1. The Morgan fingerprint density at radius 1 is 1.17 bits per heavy atom. The van der Waals surface area contributed by atoms with Gasteiger partial charge in [-0.05, 0) is 17.7 Å². The standard InChI is InChI=1S/C16H13ClN2O5/c17-12-6-7-13(14(9-12)19(22)23)18-15(20)10-24-16(21)8-11-4-2-1-3-5-11/h1-7,9H,8,10H2,(H,18,20). The highest BCUT2D eigenvalue weighted by Gasteiger charge is 2.17. The monoisotopic (exact) mass is 348 g/mol. The second-order valence-corrected chi connectivity index (χ2v) is 5.23. The van der Waals surface area contributed by atoms with Crippen LogP contribution in [0.5, 0.6) is 0 Å². The zero-order valence-electron chi connectivity index (χ0n) is 12.4. The molecule has 0 radical (unpaired) electrons. The molecule has 1 amide bonds. The van der Waals surface area contributed by atoms with Crippen LogP contribution in [-0.4, -0.2) is 23.4 Å². The van der Waals surface area contributed by atoms with E-state index in [4.69, 9.17) is 16.3 Å². The van der Waals surface area contributed by atoms with Crippen LogP contribution in [0.4, 0.5) is 11.4 Å². The van der Waals surface area contributed by atoms with E-state index in [0.717, 1.165) is 11.6 Å². The molecule has 0 unspecified atom stereocenters. The number of hydrogen-bond acceptors (Lipinski definition) is 5. The lowest BCUT2D eigenvalue weighted by Crippen LogP contribution is -2.22. The Morgan fingerprint density at radius 2 is 1.88 bits per heavy atom. The number of nitro groups is 1. The SMILES string of the molecule is O=C(COC(=O)Cc1ccccc1)Nc1ccc(Cl)cc1[N+](=O)[O-]. The minimum Gasteiger partial charge on any atom is -0.455 e. The van der Waals surface area contributed by atoms with Crippen molar-refractivity contribution in [1.82, 2.24) is 0 Å². The van der Waals surface area contributed by atoms with Gasteiger partial charge in [-0.1, -0.05) is 41.9 Å². The summed E-state index contributed by atoms with van der Waals surface area (Å²) in [4.78, 5) is 33.7. The van der Waals surface area contributed by atoms with Crippen molar-refractivity contribution in [3.8, 4) is 0 Å². The number of nitro benzene ring substituents is 1. The number of carbonyl (C=O) groups is 2. The van der Waals surface area contributed by atoms with Crippen LogP contribution in [0.25, 0.3) is 0 Å². The molecule has 0 aliphatic rings. The van der Waals surface area contributed by atoms with E-state index in [1.54, 1.807) is 24.3 Å². The molecule has 0 atom stereocenters. The smallest absolute Gasteiger partial charge is 0.310 e. The van der Waals surface area contributed by atoms with Crippen molar-refractivity contribution in [2.75, 3.05) is 11.9 Å². The van der Waals surface area contributed by atoms with Crippen LogP contribution in [-0.2, 0) is 20.7 Å². The third kappa shape index (κ3) is 5.06. The van der Waals surface area contributed by atoms with Gasteiger partial charge in [-0.15, -0.1) is 0 Å². The molecule has 8 heteroatoms. The zero-order valence-corrected chi connectivity index (χ0v) is 13.2. The van der Waals surface area contributed by atoms with Gasteiger partial charge in [-0.25, -0.2) is 0 Å². The van der Waals surface area contributed by atoms with Crippen LogP contribution >= 0.6 is 11.6 Å². The molecule has 2 aromatic rings. The van der Waals surface area contributed by atoms with Gasteiger partial charge in [-0.2, -0.15) is 0 Å². The van der Waals surface area contributed by atoms with Crippen molar-refractivity contribution in [3.05, 3.63) is 69.2 Å². The normalized spacial score (nSPS) is 10.0. The number of ether oxygens (including phenoxy) is 1. The van der Waals surface area contributed by atoms with Gasteiger partial charge in [0.05, 0.1) is 11.3 Å². The molecule has 0 saturated carbocycles. The highest BCUT2D eigenvalue weighted by atomic mass is 35.5. The Hall–Kier alpha value is -2.93. The third-order valence-electron chi connectivity index (χ3n) is 2.99. The topological polar surface area (TPSA) is 98.5 Å². The van der Waals surface area contributed by atoms with Gasteiger partial charge < -0.3 is 10.1 Å². The summed E-state index contributed by atoms with van der Waals surface area (Å²) >= 11 is 5.69. The second kappa shape index (κ2) is 8.07. The maximum absolute atomic E-state index is 11.8. The molecule has 1 N–H and O–H groups in total. The fraction of sp³-hybridized carbons (Fsp3) is 0.125. The molecular weight excluding hydrogens is 336 g/mol. The summed E-state index contributed by atoms with van der Waals surface area (Å²) < 4.78 is 4.86. The van der Waals surface area contributed by atoms with E-state index in [-0.39, 0.29) is 22.8 Å². The van der Waals surface area contributed by atoms with E-state index < -0.39 is 23.4 Å². The van der Waals surface area contributed by atoms with Gasteiger partial charge in [0.1, 0.15) is 5.69 Å². The summed E-state index contributed by atoms with van der Waals surface area (Å²) in [5.41, 5.74) is 0.399. The molecule has 2 aromatic carbocycles. The van der Waals surface area contributed by atoms with Gasteiger partial charge in [0.15, 0.2) is 6.61 Å². The molecule has 124 valence electrons. The number of esters is 1. The Bertz CT molecular complexity index is 764. The summed E-state index contributed by atoms with van der Waals surface area (Å²) in [6, 6.07) is 12.8. The zero-order chi connectivity index (χ0) is 17.5. The van der Waals surface area contributed by atoms with E-state index in [2.05, 4.69) is 5.32 Å². The lowest BCUT2D eigenvalue weighted by molar-refractivity contribution is -0.383. The average molecular weight is 349 g/mol. The first kappa shape index (κ1) is 17.4. The van der Waals surface area contributed by atoms with Crippen LogP contribution < -0.4 is 5.32 Å². The number of benzene rings is 2. The highest BCUT2D eigenvalue weighted by Crippen LogP contribution is 2.27. The number of rotatable bonds is 6. The number of amides is 1. The highest BCUT2D eigenvalue weighted by molar-refractivity contribution is 6.31. The molecule has 0 spiro atoms. The molecular formula is C16H13ClN2O5. The molecule has 0 bridgehead atoms. The van der Waals surface area contributed by atoms with Gasteiger partial charge >= 0.3 is 5.97 Å². The van der Waals surface area contributed by atoms with E-state index >= 15 is 0 Å². The quantitative estimate of drug-likeness (QED) is 0.491. The molecule has 0 aromatic heterocycles. The molecule has 7 nitrogen and oxygen atoms in total. The fourth-order valence-electron chi connectivity index (χ4n) is 1.91. The van der Waals surface area contributed by atoms with Crippen molar-refractivity contribution < 1.29 is 19.2 Å². The lowest BCUT2D eigenvalue weighted by atomic mass is 10.2. The largest absolute Gasteiger partial charge is 0.455 e. The predicted octanol–water partition coefficient (Wildman–Crippen LogP) is 2.97. The van der Waals surface area contributed by atoms with Crippen molar-refractivity contribution in [1.29, 1.82) is 0 Å². The maximum atomic E-state index is 11.8. The summed E-state index contributed by atoms with van der Waals surface area (Å²) in [5.74, 6) is -1.25. The van der Waals surface area contributed by atoms with E-state index in [0.29, 0.717) is 0 Å². The van der Waals surface area contributed by atoms with Crippen LogP contribution in [0.15, 0.2) is 48.5 Å². The number of anilines is 1. The Kier molecular flexibility index (Phi) is 5.86. The average Bonchev–Trinajstić information content (AvgIpc) is 2.55. The minimum absolute atomic E-state index is 0.0199. The molecule has 24 heavy (non-hydrogen) atoms. The van der Waals surface area contributed by atoms with Gasteiger partial charge in [0.25, 0.3) is 11.6 Å². The number of halogens is 1.